The van der Waals surface area contributed by atoms with Crippen LogP contribution in [0.4, 0.5) is 4.79 Å². The number of benzene rings is 1. The van der Waals surface area contributed by atoms with Gasteiger partial charge in [0.25, 0.3) is 5.56 Å². The first-order valence-electron chi connectivity index (χ1n) is 10.5. The largest absolute Gasteiger partial charge is 0.465 e. The highest BCUT2D eigenvalue weighted by atomic mass is 16.5. The minimum absolute atomic E-state index is 0.0352. The molecule has 1 saturated heterocycles. The second-order valence-electron chi connectivity index (χ2n) is 8.84. The van der Waals surface area contributed by atoms with Crippen LogP contribution in [0.15, 0.2) is 35.1 Å². The van der Waals surface area contributed by atoms with Crippen molar-refractivity contribution in [3.8, 4) is 5.75 Å². The zero-order valence-electron chi connectivity index (χ0n) is 19.6. The fourth-order valence-corrected chi connectivity index (χ4v) is 3.80. The highest BCUT2D eigenvalue weighted by molar-refractivity contribution is 5.94. The van der Waals surface area contributed by atoms with Gasteiger partial charge in [-0.25, -0.2) is 19.4 Å². The molecule has 0 saturated carbocycles. The SMILES string of the molecule is COC(=O)c1nc(C2C(C(C)(C)C)OCCN2C(=O)O)n(C)c(=O)c1OC(=O)c1ccccc1. The molecule has 1 amide bonds. The Morgan fingerprint density at radius 1 is 1.15 bits per heavy atom. The van der Waals surface area contributed by atoms with Gasteiger partial charge in [0.1, 0.15) is 11.9 Å². The van der Waals surface area contributed by atoms with Gasteiger partial charge in [0.2, 0.25) is 5.75 Å². The number of rotatable bonds is 4. The van der Waals surface area contributed by atoms with Crippen LogP contribution in [-0.4, -0.2) is 64.0 Å². The number of aromatic nitrogens is 2. The highest BCUT2D eigenvalue weighted by Crippen LogP contribution is 2.38. The number of esters is 2. The third kappa shape index (κ3) is 4.79. The summed E-state index contributed by atoms with van der Waals surface area (Å²) in [5.41, 5.74) is -1.76. The number of hydrogen-bond acceptors (Lipinski definition) is 8. The number of nitrogens with zero attached hydrogens (tertiary/aromatic N) is 3. The van der Waals surface area contributed by atoms with E-state index in [1.54, 1.807) is 18.2 Å². The average Bonchev–Trinajstić information content (AvgIpc) is 2.81. The average molecular weight is 473 g/mol. The number of methoxy groups -OCH3 is 1. The summed E-state index contributed by atoms with van der Waals surface area (Å²) in [6, 6.07) is 6.92. The lowest BCUT2D eigenvalue weighted by molar-refractivity contribution is -0.113. The minimum Gasteiger partial charge on any atom is -0.465 e. The maximum Gasteiger partial charge on any atom is 0.408 e. The van der Waals surface area contributed by atoms with Crippen LogP contribution in [0.1, 0.15) is 53.5 Å². The molecule has 0 bridgehead atoms. The monoisotopic (exact) mass is 473 g/mol. The molecular formula is C23H27N3O8. The Balaban J connectivity index is 2.19. The molecule has 1 aliphatic rings. The van der Waals surface area contributed by atoms with Crippen molar-refractivity contribution in [2.24, 2.45) is 12.5 Å². The molecule has 3 rings (SSSR count). The lowest BCUT2D eigenvalue weighted by atomic mass is 9.82. The molecule has 1 aliphatic heterocycles. The number of amides is 1. The van der Waals surface area contributed by atoms with Crippen LogP contribution in [0.3, 0.4) is 0 Å². The van der Waals surface area contributed by atoms with Crippen LogP contribution in [0.2, 0.25) is 0 Å². The van der Waals surface area contributed by atoms with Crippen molar-refractivity contribution in [1.82, 2.24) is 14.5 Å². The molecule has 1 N–H and O–H groups in total. The van der Waals surface area contributed by atoms with E-state index in [0.29, 0.717) is 0 Å². The molecule has 1 fully saturated rings. The second-order valence-corrected chi connectivity index (χ2v) is 8.84. The lowest BCUT2D eigenvalue weighted by Crippen LogP contribution is -2.53. The zero-order valence-corrected chi connectivity index (χ0v) is 19.6. The number of carbonyl (C=O) groups excluding carboxylic acids is 2. The van der Waals surface area contributed by atoms with E-state index in [1.165, 1.54) is 19.2 Å². The Morgan fingerprint density at radius 2 is 1.79 bits per heavy atom. The molecule has 0 aliphatic carbocycles. The second kappa shape index (κ2) is 9.64. The minimum atomic E-state index is -1.23. The van der Waals surface area contributed by atoms with E-state index >= 15 is 0 Å². The molecule has 1 aromatic carbocycles. The lowest BCUT2D eigenvalue weighted by Gasteiger charge is -2.45. The molecule has 2 atom stereocenters. The Hall–Kier alpha value is -3.73. The molecular weight excluding hydrogens is 446 g/mol. The van der Waals surface area contributed by atoms with Crippen LogP contribution in [0, 0.1) is 5.41 Å². The molecule has 11 nitrogen and oxygen atoms in total. The molecule has 182 valence electrons. The molecule has 11 heteroatoms. The third-order valence-electron chi connectivity index (χ3n) is 5.48. The number of hydrogen-bond donors (Lipinski definition) is 1. The van der Waals surface area contributed by atoms with Crippen molar-refractivity contribution in [2.45, 2.75) is 32.9 Å². The Bertz CT molecular complexity index is 1150. The van der Waals surface area contributed by atoms with Gasteiger partial charge >= 0.3 is 18.0 Å². The maximum atomic E-state index is 13.3. The van der Waals surface area contributed by atoms with Gasteiger partial charge in [-0.1, -0.05) is 39.0 Å². The van der Waals surface area contributed by atoms with Gasteiger partial charge in [-0.15, -0.1) is 0 Å². The van der Waals surface area contributed by atoms with E-state index in [-0.39, 0.29) is 24.5 Å². The fraction of sp³-hybridized carbons (Fsp3) is 0.435. The van der Waals surface area contributed by atoms with E-state index in [9.17, 15) is 24.3 Å². The van der Waals surface area contributed by atoms with E-state index in [0.717, 1.165) is 16.6 Å². The summed E-state index contributed by atoms with van der Waals surface area (Å²) in [6.45, 7) is 5.80. The molecule has 1 aromatic heterocycles. The van der Waals surface area contributed by atoms with Crippen LogP contribution in [0.5, 0.6) is 5.75 Å². The normalized spacial score (nSPS) is 18.3. The molecule has 2 heterocycles. The smallest absolute Gasteiger partial charge is 0.408 e. The van der Waals surface area contributed by atoms with Crippen LogP contribution in [-0.2, 0) is 16.5 Å². The van der Waals surface area contributed by atoms with Crippen molar-refractivity contribution in [3.63, 3.8) is 0 Å². The summed E-state index contributed by atoms with van der Waals surface area (Å²) in [5, 5.41) is 9.83. The summed E-state index contributed by atoms with van der Waals surface area (Å²) in [4.78, 5) is 55.9. The van der Waals surface area contributed by atoms with Gasteiger partial charge in [0.15, 0.2) is 5.69 Å². The number of ether oxygens (including phenoxy) is 3. The van der Waals surface area contributed by atoms with Gasteiger partial charge in [0.05, 0.1) is 25.4 Å². The molecule has 0 radical (unpaired) electrons. The molecule has 0 spiro atoms. The van der Waals surface area contributed by atoms with Crippen LogP contribution in [0.25, 0.3) is 0 Å². The first kappa shape index (κ1) is 24.9. The van der Waals surface area contributed by atoms with Gasteiger partial charge in [0, 0.05) is 13.6 Å². The number of morpholine rings is 1. The van der Waals surface area contributed by atoms with E-state index in [2.05, 4.69) is 4.98 Å². The summed E-state index contributed by atoms with van der Waals surface area (Å²) in [6.07, 6.45) is -1.91. The van der Waals surface area contributed by atoms with Crippen molar-refractivity contribution in [2.75, 3.05) is 20.3 Å². The molecule has 2 aromatic rings. The third-order valence-corrected chi connectivity index (χ3v) is 5.48. The standard InChI is InChI=1S/C23H27N3O8/c1-23(2,3)17-15(26(22(30)31)11-12-33-17)18-24-14(21(29)32-5)16(19(27)25(18)4)34-20(28)13-9-7-6-8-10-13/h6-10,15,17H,11-12H2,1-5H3,(H,30,31). The topological polar surface area (TPSA) is 137 Å². The van der Waals surface area contributed by atoms with Crippen LogP contribution < -0.4 is 10.3 Å². The highest BCUT2D eigenvalue weighted by Gasteiger charge is 2.45. The summed E-state index contributed by atoms with van der Waals surface area (Å²) in [7, 11) is 2.45. The summed E-state index contributed by atoms with van der Waals surface area (Å²) >= 11 is 0. The fourth-order valence-electron chi connectivity index (χ4n) is 3.80. The number of carboxylic acid groups (broad SMARTS) is 1. The quantitative estimate of drug-likeness (QED) is 0.663. The van der Waals surface area contributed by atoms with E-state index in [4.69, 9.17) is 14.2 Å². The van der Waals surface area contributed by atoms with Gasteiger partial charge in [-0.2, -0.15) is 0 Å². The van der Waals surface area contributed by atoms with Crippen molar-refractivity contribution in [1.29, 1.82) is 0 Å². The van der Waals surface area contributed by atoms with Gasteiger partial charge < -0.3 is 19.3 Å². The first-order valence-corrected chi connectivity index (χ1v) is 10.5. The van der Waals surface area contributed by atoms with Gasteiger partial charge in [-0.3, -0.25) is 14.3 Å². The predicted octanol–water partition coefficient (Wildman–Crippen LogP) is 2.25. The molecule has 2 unspecified atom stereocenters. The maximum absolute atomic E-state index is 13.3. The first-order chi connectivity index (χ1) is 16.0. The van der Waals surface area contributed by atoms with Gasteiger partial charge in [-0.05, 0) is 17.5 Å². The Labute approximate surface area is 195 Å². The van der Waals surface area contributed by atoms with Crippen molar-refractivity contribution in [3.05, 3.63) is 57.8 Å². The number of carbonyl (C=O) groups is 3. The van der Waals surface area contributed by atoms with Crippen molar-refractivity contribution >= 4 is 18.0 Å². The molecule has 34 heavy (non-hydrogen) atoms. The zero-order chi connectivity index (χ0) is 25.2. The van der Waals surface area contributed by atoms with Crippen LogP contribution >= 0.6 is 0 Å². The Morgan fingerprint density at radius 3 is 2.35 bits per heavy atom. The van der Waals surface area contributed by atoms with E-state index in [1.807, 2.05) is 20.8 Å². The van der Waals surface area contributed by atoms with Crippen molar-refractivity contribution < 1.29 is 33.7 Å². The van der Waals surface area contributed by atoms with E-state index < -0.39 is 52.6 Å². The Kier molecular flexibility index (Phi) is 7.06. The summed E-state index contributed by atoms with van der Waals surface area (Å²) in [5.74, 6) is -2.52. The summed E-state index contributed by atoms with van der Waals surface area (Å²) < 4.78 is 17.0. The predicted molar refractivity (Wildman–Crippen MR) is 119 cm³/mol.